The molecule has 0 N–H and O–H groups in total. The summed E-state index contributed by atoms with van der Waals surface area (Å²) in [6.07, 6.45) is 0.992. The van der Waals surface area contributed by atoms with Gasteiger partial charge in [0, 0.05) is 43.5 Å². The topological polar surface area (TPSA) is 49.3 Å². The summed E-state index contributed by atoms with van der Waals surface area (Å²) in [7, 11) is 0. The zero-order chi connectivity index (χ0) is 19.7. The zero-order valence-corrected chi connectivity index (χ0v) is 17.6. The first-order valence-corrected chi connectivity index (χ1v) is 10.7. The van der Waals surface area contributed by atoms with Gasteiger partial charge in [0.25, 0.3) is 5.91 Å². The van der Waals surface area contributed by atoms with Crippen LogP contribution >= 0.6 is 11.3 Å². The van der Waals surface area contributed by atoms with Gasteiger partial charge in [0.05, 0.1) is 27.5 Å². The lowest BCUT2D eigenvalue weighted by Crippen LogP contribution is -2.48. The number of nitrogens with zero attached hydrogens (tertiary/aromatic N) is 4. The summed E-state index contributed by atoms with van der Waals surface area (Å²) in [6, 6.07) is 8.17. The lowest BCUT2D eigenvalue weighted by molar-refractivity contribution is 0.0626. The average molecular weight is 395 g/mol. The molecule has 0 saturated carbocycles. The normalized spacial score (nSPS) is 15.3. The summed E-state index contributed by atoms with van der Waals surface area (Å²) in [5.41, 5.74) is 4.79. The summed E-state index contributed by atoms with van der Waals surface area (Å²) in [5.74, 6) is 0.0926. The summed E-state index contributed by atoms with van der Waals surface area (Å²) in [6.45, 7) is 10.2. The minimum atomic E-state index is 0.0926. The summed E-state index contributed by atoms with van der Waals surface area (Å²) in [5, 5.41) is 4.38. The number of hydrogen-bond acceptors (Lipinski definition) is 5. The van der Waals surface area contributed by atoms with Gasteiger partial charge >= 0.3 is 0 Å². The first kappa shape index (κ1) is 19.0. The van der Waals surface area contributed by atoms with Gasteiger partial charge in [0.1, 0.15) is 0 Å². The first-order valence-electron chi connectivity index (χ1n) is 9.86. The Kier molecular flexibility index (Phi) is 5.42. The van der Waals surface area contributed by atoms with Crippen molar-refractivity contribution in [1.29, 1.82) is 0 Å². The Hall–Kier alpha value is -2.31. The monoisotopic (exact) mass is 394 g/mol. The predicted molar refractivity (Wildman–Crippen MR) is 114 cm³/mol. The van der Waals surface area contributed by atoms with Crippen molar-refractivity contribution in [1.82, 2.24) is 19.8 Å². The second-order valence-corrected chi connectivity index (χ2v) is 8.41. The molecule has 3 heterocycles. The third kappa shape index (κ3) is 3.93. The van der Waals surface area contributed by atoms with Crippen LogP contribution in [0.4, 0.5) is 0 Å². The molecule has 5 nitrogen and oxygen atoms in total. The van der Waals surface area contributed by atoms with Crippen molar-refractivity contribution in [3.63, 3.8) is 0 Å². The van der Waals surface area contributed by atoms with E-state index in [0.717, 1.165) is 67.0 Å². The molecule has 4 rings (SSSR count). The van der Waals surface area contributed by atoms with E-state index in [4.69, 9.17) is 0 Å². The Balaban J connectivity index is 1.43. The number of carbonyl (C=O) groups excluding carboxylic acids is 1. The molecule has 2 aromatic heterocycles. The van der Waals surface area contributed by atoms with E-state index in [1.165, 1.54) is 10.6 Å². The number of pyridine rings is 1. The highest BCUT2D eigenvalue weighted by atomic mass is 32.1. The van der Waals surface area contributed by atoms with Gasteiger partial charge in [0.15, 0.2) is 0 Å². The van der Waals surface area contributed by atoms with Crippen molar-refractivity contribution in [3.05, 3.63) is 57.2 Å². The van der Waals surface area contributed by atoms with Gasteiger partial charge in [-0.1, -0.05) is 18.6 Å². The zero-order valence-electron chi connectivity index (χ0n) is 16.7. The smallest absolute Gasteiger partial charge is 0.255 e. The van der Waals surface area contributed by atoms with Crippen molar-refractivity contribution in [2.24, 2.45) is 0 Å². The lowest BCUT2D eigenvalue weighted by atomic mass is 10.1. The predicted octanol–water partition coefficient (Wildman–Crippen LogP) is 3.83. The third-order valence-electron chi connectivity index (χ3n) is 5.34. The minimum Gasteiger partial charge on any atom is -0.336 e. The number of benzene rings is 1. The van der Waals surface area contributed by atoms with Crippen LogP contribution in [0, 0.1) is 13.8 Å². The van der Waals surface area contributed by atoms with E-state index in [0.29, 0.717) is 0 Å². The van der Waals surface area contributed by atoms with E-state index < -0.39 is 0 Å². The molecular formula is C22H26N4OS. The fraction of sp³-hybridized carbons (Fsp3) is 0.409. The second kappa shape index (κ2) is 7.97. The largest absolute Gasteiger partial charge is 0.336 e. The minimum absolute atomic E-state index is 0.0926. The number of amides is 1. The third-order valence-corrected chi connectivity index (χ3v) is 6.38. The summed E-state index contributed by atoms with van der Waals surface area (Å²) >= 11 is 1.74. The molecule has 0 unspecified atom stereocenters. The molecule has 0 bridgehead atoms. The molecular weight excluding hydrogens is 368 g/mol. The number of aryl methyl sites for hydroxylation is 3. The molecule has 1 aromatic carbocycles. The molecule has 1 fully saturated rings. The van der Waals surface area contributed by atoms with E-state index in [1.807, 2.05) is 24.0 Å². The summed E-state index contributed by atoms with van der Waals surface area (Å²) in [4.78, 5) is 26.8. The number of aromatic nitrogens is 2. The van der Waals surface area contributed by atoms with Gasteiger partial charge in [-0.3, -0.25) is 14.7 Å². The fourth-order valence-electron chi connectivity index (χ4n) is 3.70. The fourth-order valence-corrected chi connectivity index (χ4v) is 4.44. The number of fused-ring (bicyclic) bond motifs is 1. The Labute approximate surface area is 170 Å². The van der Waals surface area contributed by atoms with E-state index in [1.54, 1.807) is 11.3 Å². The second-order valence-electron chi connectivity index (χ2n) is 7.47. The Bertz CT molecular complexity index is 1000. The van der Waals surface area contributed by atoms with Crippen molar-refractivity contribution in [2.75, 3.05) is 26.2 Å². The molecule has 0 aliphatic carbocycles. The highest BCUT2D eigenvalue weighted by molar-refractivity contribution is 7.09. The van der Waals surface area contributed by atoms with E-state index in [2.05, 4.69) is 46.2 Å². The van der Waals surface area contributed by atoms with E-state index in [-0.39, 0.29) is 5.91 Å². The van der Waals surface area contributed by atoms with Gasteiger partial charge < -0.3 is 4.90 Å². The van der Waals surface area contributed by atoms with Gasteiger partial charge in [-0.15, -0.1) is 11.3 Å². The van der Waals surface area contributed by atoms with Crippen LogP contribution in [0.5, 0.6) is 0 Å². The number of carbonyl (C=O) groups is 1. The Morgan fingerprint density at radius 2 is 1.89 bits per heavy atom. The van der Waals surface area contributed by atoms with E-state index >= 15 is 0 Å². The maximum Gasteiger partial charge on any atom is 0.255 e. The Morgan fingerprint density at radius 1 is 1.11 bits per heavy atom. The number of thiazole rings is 1. The highest BCUT2D eigenvalue weighted by Gasteiger charge is 2.24. The molecule has 1 amide bonds. The number of hydrogen-bond donors (Lipinski definition) is 0. The molecule has 146 valence electrons. The van der Waals surface area contributed by atoms with Gasteiger partial charge in [0.2, 0.25) is 0 Å². The maximum atomic E-state index is 13.1. The molecule has 3 aromatic rings. The first-order chi connectivity index (χ1) is 13.5. The van der Waals surface area contributed by atoms with Crippen LogP contribution in [0.15, 0.2) is 29.6 Å². The van der Waals surface area contributed by atoms with Crippen LogP contribution in [-0.2, 0) is 13.0 Å². The van der Waals surface area contributed by atoms with Crippen LogP contribution in [0.25, 0.3) is 10.9 Å². The van der Waals surface area contributed by atoms with Gasteiger partial charge in [-0.2, -0.15) is 0 Å². The van der Waals surface area contributed by atoms with Crippen molar-refractivity contribution >= 4 is 28.1 Å². The molecule has 1 saturated heterocycles. The summed E-state index contributed by atoms with van der Waals surface area (Å²) < 4.78 is 0. The van der Waals surface area contributed by atoms with Crippen LogP contribution in [0.1, 0.15) is 39.2 Å². The van der Waals surface area contributed by atoms with Crippen LogP contribution in [-0.4, -0.2) is 51.9 Å². The SMILES string of the molecule is CCc1nc(CN2CCN(C(=O)c3cc4cc(C)ccc4nc3C)CC2)cs1. The molecule has 0 atom stereocenters. The van der Waals surface area contributed by atoms with Gasteiger partial charge in [-0.25, -0.2) is 4.98 Å². The number of piperazine rings is 1. The van der Waals surface area contributed by atoms with Crippen LogP contribution < -0.4 is 0 Å². The Morgan fingerprint density at radius 3 is 2.61 bits per heavy atom. The van der Waals surface area contributed by atoms with Gasteiger partial charge in [-0.05, 0) is 38.5 Å². The average Bonchev–Trinajstić information content (AvgIpc) is 3.15. The van der Waals surface area contributed by atoms with Crippen molar-refractivity contribution < 1.29 is 4.79 Å². The molecule has 28 heavy (non-hydrogen) atoms. The molecule has 1 aliphatic heterocycles. The lowest BCUT2D eigenvalue weighted by Gasteiger charge is -2.34. The highest BCUT2D eigenvalue weighted by Crippen LogP contribution is 2.20. The molecule has 6 heteroatoms. The standard InChI is InChI=1S/C22H26N4OS/c1-4-21-24-18(14-28-21)13-25-7-9-26(10-8-25)22(27)19-12-17-11-15(2)5-6-20(17)23-16(19)3/h5-6,11-12,14H,4,7-10,13H2,1-3H3. The van der Waals surface area contributed by atoms with Crippen molar-refractivity contribution in [2.45, 2.75) is 33.7 Å². The van der Waals surface area contributed by atoms with Crippen molar-refractivity contribution in [3.8, 4) is 0 Å². The maximum absolute atomic E-state index is 13.1. The van der Waals surface area contributed by atoms with E-state index in [9.17, 15) is 4.79 Å². The van der Waals surface area contributed by atoms with Crippen LogP contribution in [0.2, 0.25) is 0 Å². The quantitative estimate of drug-likeness (QED) is 0.675. The molecule has 1 aliphatic rings. The number of rotatable bonds is 4. The van der Waals surface area contributed by atoms with Crippen LogP contribution in [0.3, 0.4) is 0 Å². The molecule has 0 radical (unpaired) electrons. The molecule has 0 spiro atoms.